The van der Waals surface area contributed by atoms with Crippen molar-refractivity contribution in [1.29, 1.82) is 0 Å². The third kappa shape index (κ3) is 3.07. The molecule has 2 rings (SSSR count). The molecule has 7 heteroatoms. The van der Waals surface area contributed by atoms with Crippen molar-refractivity contribution in [1.82, 2.24) is 0 Å². The Bertz CT molecular complexity index is 728. The molecule has 2 aromatic carbocycles. The molecule has 0 fully saturated rings. The van der Waals surface area contributed by atoms with Crippen molar-refractivity contribution >= 4 is 21.4 Å². The van der Waals surface area contributed by atoms with E-state index in [2.05, 4.69) is 5.73 Å². The monoisotopic (exact) mass is 332 g/mol. The zero-order valence-electron chi connectivity index (χ0n) is 10.9. The van der Waals surface area contributed by atoms with Gasteiger partial charge in [0, 0.05) is 10.6 Å². The van der Waals surface area contributed by atoms with Crippen LogP contribution in [0.1, 0.15) is 10.8 Å². The minimum atomic E-state index is -3.92. The highest BCUT2D eigenvalue weighted by molar-refractivity contribution is 7.91. The molecule has 0 amide bonds. The van der Waals surface area contributed by atoms with Crippen molar-refractivity contribution in [2.24, 2.45) is 0 Å². The van der Waals surface area contributed by atoms with E-state index in [9.17, 15) is 17.2 Å². The van der Waals surface area contributed by atoms with Crippen LogP contribution in [0.3, 0.4) is 0 Å². The molecule has 112 valence electrons. The van der Waals surface area contributed by atoms with E-state index in [1.165, 1.54) is 12.1 Å². The molecule has 0 aromatic heterocycles. The molecule has 0 aliphatic rings. The van der Waals surface area contributed by atoms with Crippen LogP contribution in [0.5, 0.6) is 0 Å². The van der Waals surface area contributed by atoms with Crippen molar-refractivity contribution in [3.8, 4) is 0 Å². The third-order valence-corrected chi connectivity index (χ3v) is 5.58. The maximum absolute atomic E-state index is 14.0. The summed E-state index contributed by atoms with van der Waals surface area (Å²) in [6.45, 7) is -0.0969. The quantitative estimate of drug-likeness (QED) is 0.874. The lowest BCUT2D eigenvalue weighted by atomic mass is 10.1. The predicted octanol–water partition coefficient (Wildman–Crippen LogP) is 2.38. The third-order valence-electron chi connectivity index (χ3n) is 3.10. The molecule has 0 saturated heterocycles. The molecule has 0 radical (unpaired) electrons. The molecule has 0 unspecified atom stereocenters. The first kappa shape index (κ1) is 15.9. The van der Waals surface area contributed by atoms with Crippen LogP contribution in [0.15, 0.2) is 47.4 Å². The Hall–Kier alpha value is -1.50. The van der Waals surface area contributed by atoms with Crippen molar-refractivity contribution in [3.63, 3.8) is 0 Å². The Labute approximate surface area is 126 Å². The van der Waals surface area contributed by atoms with Gasteiger partial charge in [0.1, 0.15) is 16.9 Å². The van der Waals surface area contributed by atoms with Crippen molar-refractivity contribution in [3.05, 3.63) is 64.7 Å². The van der Waals surface area contributed by atoms with Gasteiger partial charge in [0.05, 0.1) is 11.4 Å². The van der Waals surface area contributed by atoms with E-state index in [4.69, 9.17) is 11.6 Å². The zero-order chi connectivity index (χ0) is 15.6. The fourth-order valence-electron chi connectivity index (χ4n) is 2.06. The standard InChI is InChI=1S/C14H12ClF2NO2S/c15-11-2-1-3-12(17)14(11)13(8-18)21(19,20)10-6-4-9(16)5-7-10/h1-7,13H,8,18H2/p+1/t13-/m1/s1. The van der Waals surface area contributed by atoms with Gasteiger partial charge in [-0.05, 0) is 36.4 Å². The Balaban J connectivity index is 2.57. The highest BCUT2D eigenvalue weighted by Gasteiger charge is 2.33. The lowest BCUT2D eigenvalue weighted by molar-refractivity contribution is -0.367. The SMILES string of the molecule is [NH3+]C[C@H](c1c(F)cccc1Cl)S(=O)(=O)c1ccc(F)cc1. The van der Waals surface area contributed by atoms with Gasteiger partial charge in [-0.1, -0.05) is 17.7 Å². The summed E-state index contributed by atoms with van der Waals surface area (Å²) in [5.74, 6) is -1.26. The molecule has 0 saturated carbocycles. The van der Waals surface area contributed by atoms with Gasteiger partial charge < -0.3 is 5.73 Å². The maximum atomic E-state index is 14.0. The summed E-state index contributed by atoms with van der Waals surface area (Å²) in [6, 6.07) is 8.31. The summed E-state index contributed by atoms with van der Waals surface area (Å²) in [7, 11) is -3.92. The molecule has 1 atom stereocenters. The highest BCUT2D eigenvalue weighted by atomic mass is 35.5. The highest BCUT2D eigenvalue weighted by Crippen LogP contribution is 2.34. The van der Waals surface area contributed by atoms with Crippen LogP contribution in [0.4, 0.5) is 8.78 Å². The second-order valence-electron chi connectivity index (χ2n) is 4.41. The fraction of sp³-hybridized carbons (Fsp3) is 0.143. The first-order valence-electron chi connectivity index (χ1n) is 6.10. The molecular weight excluding hydrogens is 320 g/mol. The van der Waals surface area contributed by atoms with E-state index < -0.39 is 26.7 Å². The van der Waals surface area contributed by atoms with E-state index in [0.29, 0.717) is 0 Å². The summed E-state index contributed by atoms with van der Waals surface area (Å²) in [5.41, 5.74) is 3.46. The van der Waals surface area contributed by atoms with Gasteiger partial charge in [-0.15, -0.1) is 0 Å². The largest absolute Gasteiger partial charge is 0.356 e. The normalized spacial score (nSPS) is 13.1. The summed E-state index contributed by atoms with van der Waals surface area (Å²) in [5, 5.41) is -1.20. The van der Waals surface area contributed by atoms with Crippen LogP contribution >= 0.6 is 11.6 Å². The Morgan fingerprint density at radius 1 is 1.10 bits per heavy atom. The minimum Gasteiger partial charge on any atom is -0.356 e. The number of hydrogen-bond donors (Lipinski definition) is 1. The number of hydrogen-bond acceptors (Lipinski definition) is 2. The summed E-state index contributed by atoms with van der Waals surface area (Å²) in [6.07, 6.45) is 0. The number of quaternary nitrogens is 1. The van der Waals surface area contributed by atoms with Gasteiger partial charge in [0.15, 0.2) is 9.84 Å². The first-order chi connectivity index (χ1) is 9.87. The molecule has 2 aromatic rings. The van der Waals surface area contributed by atoms with Gasteiger partial charge >= 0.3 is 0 Å². The smallest absolute Gasteiger partial charge is 0.191 e. The van der Waals surface area contributed by atoms with Crippen molar-refractivity contribution < 1.29 is 22.9 Å². The van der Waals surface area contributed by atoms with Crippen molar-refractivity contribution in [2.75, 3.05) is 6.54 Å². The van der Waals surface area contributed by atoms with Crippen molar-refractivity contribution in [2.45, 2.75) is 10.1 Å². The zero-order valence-corrected chi connectivity index (χ0v) is 12.5. The second kappa shape index (κ2) is 6.09. The van der Waals surface area contributed by atoms with E-state index in [-0.39, 0.29) is 22.0 Å². The average Bonchev–Trinajstić information content (AvgIpc) is 2.43. The van der Waals surface area contributed by atoms with Gasteiger partial charge in [0.2, 0.25) is 0 Å². The molecule has 3 nitrogen and oxygen atoms in total. The Morgan fingerprint density at radius 2 is 1.71 bits per heavy atom. The molecule has 21 heavy (non-hydrogen) atoms. The van der Waals surface area contributed by atoms with Gasteiger partial charge in [-0.25, -0.2) is 17.2 Å². The van der Waals surface area contributed by atoms with E-state index in [0.717, 1.165) is 30.3 Å². The minimum absolute atomic E-state index is 0.0225. The predicted molar refractivity (Wildman–Crippen MR) is 75.5 cm³/mol. The lowest BCUT2D eigenvalue weighted by Gasteiger charge is -2.16. The summed E-state index contributed by atoms with van der Waals surface area (Å²) < 4.78 is 52.1. The van der Waals surface area contributed by atoms with Gasteiger partial charge in [0.25, 0.3) is 0 Å². The maximum Gasteiger partial charge on any atom is 0.191 e. The van der Waals surface area contributed by atoms with Crippen LogP contribution in [-0.2, 0) is 9.84 Å². The summed E-state index contributed by atoms with van der Waals surface area (Å²) >= 11 is 5.93. The topological polar surface area (TPSA) is 61.8 Å². The molecule has 3 N–H and O–H groups in total. The van der Waals surface area contributed by atoms with E-state index in [1.54, 1.807) is 0 Å². The molecular formula is C14H13ClF2NO2S+. The lowest BCUT2D eigenvalue weighted by Crippen LogP contribution is -2.54. The number of halogens is 3. The van der Waals surface area contributed by atoms with E-state index >= 15 is 0 Å². The van der Waals surface area contributed by atoms with Gasteiger partial charge in [-0.2, -0.15) is 0 Å². The Kier molecular flexibility index (Phi) is 4.61. The summed E-state index contributed by atoms with van der Waals surface area (Å²) in [4.78, 5) is -0.100. The number of benzene rings is 2. The number of sulfone groups is 1. The number of rotatable bonds is 4. The second-order valence-corrected chi connectivity index (χ2v) is 6.95. The van der Waals surface area contributed by atoms with E-state index in [1.807, 2.05) is 0 Å². The van der Waals surface area contributed by atoms with Crippen LogP contribution in [-0.4, -0.2) is 15.0 Å². The molecule has 0 heterocycles. The van der Waals surface area contributed by atoms with Crippen LogP contribution in [0.25, 0.3) is 0 Å². The molecule has 0 bridgehead atoms. The first-order valence-corrected chi connectivity index (χ1v) is 8.03. The van der Waals surface area contributed by atoms with Crippen LogP contribution in [0, 0.1) is 11.6 Å². The molecule has 0 aliphatic carbocycles. The Morgan fingerprint density at radius 3 is 2.24 bits per heavy atom. The fourth-order valence-corrected chi connectivity index (χ4v) is 4.13. The average molecular weight is 333 g/mol. The van der Waals surface area contributed by atoms with Gasteiger partial charge in [-0.3, -0.25) is 0 Å². The van der Waals surface area contributed by atoms with Crippen LogP contribution < -0.4 is 5.73 Å². The van der Waals surface area contributed by atoms with Crippen LogP contribution in [0.2, 0.25) is 5.02 Å². The molecule has 0 spiro atoms. The molecule has 0 aliphatic heterocycles.